The number of nitrogens with two attached hydrogens (primary N) is 1. The van der Waals surface area contributed by atoms with Gasteiger partial charge in [-0.05, 0) is 0 Å². The third-order valence-corrected chi connectivity index (χ3v) is 0.451. The highest BCUT2D eigenvalue weighted by Crippen LogP contribution is 1.60. The number of urea groups is 1. The van der Waals surface area contributed by atoms with Crippen molar-refractivity contribution >= 4 is 12.0 Å². The van der Waals surface area contributed by atoms with E-state index in [0.29, 0.717) is 0 Å². The molecule has 0 aromatic heterocycles. The molecular weight excluding hydrogens is 142 g/mol. The zero-order valence-corrected chi connectivity index (χ0v) is 4.75. The number of rotatable bonds is 1. The molecule has 0 rings (SSSR count). The minimum absolute atomic E-state index is 0.766. The minimum Gasteiger partial charge on any atom is -0.351 e. The predicted molar refractivity (Wildman–Crippen MR) is 30.6 cm³/mol. The van der Waals surface area contributed by atoms with E-state index in [1.165, 1.54) is 5.43 Å². The van der Waals surface area contributed by atoms with Crippen LogP contribution in [-0.2, 0) is 0 Å². The van der Waals surface area contributed by atoms with E-state index in [2.05, 4.69) is 5.73 Å². The Morgan fingerprint density at radius 3 is 2.50 bits per heavy atom. The summed E-state index contributed by atoms with van der Waals surface area (Å²) in [5, 5.41) is 16.8. The van der Waals surface area contributed by atoms with Crippen LogP contribution in [0.15, 0.2) is 0 Å². The molecule has 56 valence electrons. The van der Waals surface area contributed by atoms with Crippen molar-refractivity contribution in [2.75, 3.05) is 0 Å². The summed E-state index contributed by atoms with van der Waals surface area (Å²) in [7, 11) is 0. The quantitative estimate of drug-likeness (QED) is 0.153. The molecule has 0 saturated carbocycles. The van der Waals surface area contributed by atoms with Crippen molar-refractivity contribution < 1.29 is 9.83 Å². The standard InChI is InChI=1S/C2H5N5O3/c3-1(5-2(4)8)6-7(9)10/h(H5,3,4,5,6,8). The largest absolute Gasteiger partial charge is 0.351 e. The molecule has 0 aliphatic rings. The van der Waals surface area contributed by atoms with Gasteiger partial charge in [0.25, 0.3) is 5.96 Å². The van der Waals surface area contributed by atoms with Crippen LogP contribution in [0.1, 0.15) is 0 Å². The Morgan fingerprint density at radius 2 is 2.20 bits per heavy atom. The maximum absolute atomic E-state index is 9.90. The summed E-state index contributed by atoms with van der Waals surface area (Å²) in [5.41, 5.74) is 5.88. The average Bonchev–Trinajstić information content (AvgIpc) is 1.58. The van der Waals surface area contributed by atoms with E-state index < -0.39 is 17.0 Å². The molecule has 0 fully saturated rings. The predicted octanol–water partition coefficient (Wildman–Crippen LogP) is -1.63. The van der Waals surface area contributed by atoms with Gasteiger partial charge in [-0.25, -0.2) is 14.9 Å². The lowest BCUT2D eigenvalue weighted by atomic mass is 10.9. The molecular formula is C2H5N5O3. The third-order valence-electron chi connectivity index (χ3n) is 0.451. The monoisotopic (exact) mass is 147 g/mol. The van der Waals surface area contributed by atoms with E-state index in [1.54, 1.807) is 5.32 Å². The molecule has 0 aliphatic heterocycles. The van der Waals surface area contributed by atoms with E-state index >= 15 is 0 Å². The van der Waals surface area contributed by atoms with Gasteiger partial charge in [-0.3, -0.25) is 10.7 Å². The number of nitrogens with one attached hydrogen (secondary N) is 3. The van der Waals surface area contributed by atoms with Gasteiger partial charge in [-0.1, -0.05) is 5.43 Å². The zero-order chi connectivity index (χ0) is 8.15. The Balaban J connectivity index is 3.65. The fourth-order valence-corrected chi connectivity index (χ4v) is 0.242. The van der Waals surface area contributed by atoms with Gasteiger partial charge in [0.05, 0.1) is 0 Å². The number of carbonyl (C=O) groups is 1. The molecule has 0 bridgehead atoms. The molecule has 0 atom stereocenters. The molecule has 0 aliphatic carbocycles. The van der Waals surface area contributed by atoms with Crippen LogP contribution in [0.3, 0.4) is 0 Å². The van der Waals surface area contributed by atoms with Gasteiger partial charge in [0, 0.05) is 0 Å². The summed E-state index contributed by atoms with van der Waals surface area (Å²) in [5.74, 6) is -0.766. The Labute approximate surface area is 55.0 Å². The molecule has 0 unspecified atom stereocenters. The Bertz CT molecular complexity index is 158. The number of carbonyl (C=O) groups excluding carboxylic acids is 1. The maximum atomic E-state index is 9.90. The van der Waals surface area contributed by atoms with E-state index in [-0.39, 0.29) is 0 Å². The van der Waals surface area contributed by atoms with Gasteiger partial charge >= 0.3 is 6.03 Å². The van der Waals surface area contributed by atoms with Crippen molar-refractivity contribution in [3.05, 3.63) is 10.1 Å². The molecule has 0 heterocycles. The van der Waals surface area contributed by atoms with E-state index in [0.717, 1.165) is 0 Å². The zero-order valence-electron chi connectivity index (χ0n) is 4.75. The lowest BCUT2D eigenvalue weighted by Crippen LogP contribution is -2.44. The Morgan fingerprint density at radius 1 is 1.70 bits per heavy atom. The maximum Gasteiger partial charge on any atom is 0.319 e. The number of nitrogens with zero attached hydrogens (tertiary/aromatic N) is 1. The van der Waals surface area contributed by atoms with Gasteiger partial charge in [0.1, 0.15) is 0 Å². The van der Waals surface area contributed by atoms with Crippen LogP contribution in [0.4, 0.5) is 4.79 Å². The van der Waals surface area contributed by atoms with Crippen LogP contribution < -0.4 is 16.5 Å². The smallest absolute Gasteiger partial charge is 0.319 e. The van der Waals surface area contributed by atoms with Crippen molar-refractivity contribution in [1.82, 2.24) is 10.7 Å². The highest BCUT2D eigenvalue weighted by atomic mass is 16.7. The minimum atomic E-state index is -1.03. The number of hydrogen-bond acceptors (Lipinski definition) is 4. The molecule has 2 amide bonds. The van der Waals surface area contributed by atoms with E-state index in [4.69, 9.17) is 5.41 Å². The van der Waals surface area contributed by atoms with Crippen LogP contribution >= 0.6 is 0 Å². The van der Waals surface area contributed by atoms with Crippen LogP contribution in [0.25, 0.3) is 0 Å². The van der Waals surface area contributed by atoms with Gasteiger partial charge in [-0.15, -0.1) is 0 Å². The SMILES string of the molecule is N=C(NC(N)=O)N[N+](=O)[O-]. The molecule has 0 aromatic rings. The highest BCUT2D eigenvalue weighted by Gasteiger charge is 2.02. The summed E-state index contributed by atoms with van der Waals surface area (Å²) in [6.45, 7) is 0. The first kappa shape index (κ1) is 8.14. The van der Waals surface area contributed by atoms with Crippen LogP contribution in [0.2, 0.25) is 0 Å². The Hall–Kier alpha value is -1.86. The average molecular weight is 147 g/mol. The molecule has 8 nitrogen and oxygen atoms in total. The van der Waals surface area contributed by atoms with Crippen LogP contribution in [-0.4, -0.2) is 17.0 Å². The normalized spacial score (nSPS) is 8.00. The molecule has 0 aromatic carbocycles. The summed E-state index contributed by atoms with van der Waals surface area (Å²) in [6, 6.07) is -1.03. The second-order valence-corrected chi connectivity index (χ2v) is 1.23. The second-order valence-electron chi connectivity index (χ2n) is 1.23. The third kappa shape index (κ3) is 4.30. The first-order valence-corrected chi connectivity index (χ1v) is 2.08. The van der Waals surface area contributed by atoms with Crippen molar-refractivity contribution in [3.8, 4) is 0 Å². The Kier molecular flexibility index (Phi) is 2.62. The van der Waals surface area contributed by atoms with Gasteiger partial charge in [-0.2, -0.15) is 0 Å². The van der Waals surface area contributed by atoms with Crippen LogP contribution in [0.5, 0.6) is 0 Å². The summed E-state index contributed by atoms with van der Waals surface area (Å²) >= 11 is 0. The lowest BCUT2D eigenvalue weighted by Gasteiger charge is -1.97. The number of nitro groups is 1. The highest BCUT2D eigenvalue weighted by molar-refractivity contribution is 5.93. The molecule has 5 N–H and O–H groups in total. The van der Waals surface area contributed by atoms with Crippen molar-refractivity contribution in [2.45, 2.75) is 0 Å². The topological polar surface area (TPSA) is 134 Å². The number of hydrazine groups is 1. The first-order valence-electron chi connectivity index (χ1n) is 2.08. The number of primary amides is 1. The first-order chi connectivity index (χ1) is 4.52. The molecule has 0 saturated heterocycles. The van der Waals surface area contributed by atoms with E-state index in [1.807, 2.05) is 0 Å². The second kappa shape index (κ2) is 3.22. The van der Waals surface area contributed by atoms with Crippen molar-refractivity contribution in [1.29, 1.82) is 5.41 Å². The summed E-state index contributed by atoms with van der Waals surface area (Å²) in [4.78, 5) is 19.5. The van der Waals surface area contributed by atoms with Crippen molar-refractivity contribution in [3.63, 3.8) is 0 Å². The summed E-state index contributed by atoms with van der Waals surface area (Å²) in [6.07, 6.45) is 0. The fraction of sp³-hybridized carbons (Fsp3) is 0. The van der Waals surface area contributed by atoms with Crippen LogP contribution in [0, 0.1) is 15.5 Å². The van der Waals surface area contributed by atoms with E-state index in [9.17, 15) is 14.9 Å². The number of guanidine groups is 1. The van der Waals surface area contributed by atoms with Gasteiger partial charge < -0.3 is 5.73 Å². The van der Waals surface area contributed by atoms with Gasteiger partial charge in [0.15, 0.2) is 5.03 Å². The number of hydrogen-bond donors (Lipinski definition) is 4. The summed E-state index contributed by atoms with van der Waals surface area (Å²) < 4.78 is 0. The molecule has 10 heavy (non-hydrogen) atoms. The molecule has 0 spiro atoms. The van der Waals surface area contributed by atoms with Crippen molar-refractivity contribution in [2.24, 2.45) is 5.73 Å². The lowest BCUT2D eigenvalue weighted by molar-refractivity contribution is -0.525. The molecule has 0 radical (unpaired) electrons. The fourth-order valence-electron chi connectivity index (χ4n) is 0.242. The van der Waals surface area contributed by atoms with Gasteiger partial charge in [0.2, 0.25) is 0 Å². The molecule has 8 heteroatoms. The number of amides is 2.